The molecule has 0 radical (unpaired) electrons. The van der Waals surface area contributed by atoms with Gasteiger partial charge in [-0.25, -0.2) is 0 Å². The molecule has 0 bridgehead atoms. The van der Waals surface area contributed by atoms with Crippen LogP contribution in [0.4, 0.5) is 13.2 Å². The number of rotatable bonds is 2. The summed E-state index contributed by atoms with van der Waals surface area (Å²) in [4.78, 5) is 39.6. The molecule has 1 atom stereocenters. The molecule has 0 aromatic carbocycles. The van der Waals surface area contributed by atoms with Crippen LogP contribution in [0.3, 0.4) is 0 Å². The van der Waals surface area contributed by atoms with Crippen LogP contribution in [0, 0.1) is 5.92 Å². The minimum absolute atomic E-state index is 0.0133. The minimum Gasteiger partial charge on any atom is -0.341 e. The van der Waals surface area contributed by atoms with E-state index >= 15 is 0 Å². The quantitative estimate of drug-likeness (QED) is 0.743. The standard InChI is InChI=1S/C15H22F3N3O3/c1-10(2)21-9-11(8-12(21)22)13(23)19-4-3-5-20(7-6-19)14(24)15(16,17)18/h10-11H,3-9H2,1-2H3. The van der Waals surface area contributed by atoms with Crippen molar-refractivity contribution in [3.05, 3.63) is 0 Å². The van der Waals surface area contributed by atoms with Gasteiger partial charge in [-0.1, -0.05) is 0 Å². The molecule has 0 spiro atoms. The molecule has 2 heterocycles. The highest BCUT2D eigenvalue weighted by molar-refractivity contribution is 5.89. The third kappa shape index (κ3) is 3.99. The Morgan fingerprint density at radius 1 is 1.08 bits per heavy atom. The van der Waals surface area contributed by atoms with Crippen LogP contribution < -0.4 is 0 Å². The zero-order valence-electron chi connectivity index (χ0n) is 13.8. The summed E-state index contributed by atoms with van der Waals surface area (Å²) < 4.78 is 37.5. The molecule has 2 fully saturated rings. The predicted molar refractivity (Wildman–Crippen MR) is 78.8 cm³/mol. The second kappa shape index (κ2) is 6.98. The van der Waals surface area contributed by atoms with E-state index in [1.807, 2.05) is 13.8 Å². The Bertz CT molecular complexity index is 522. The van der Waals surface area contributed by atoms with Gasteiger partial charge in [0.1, 0.15) is 0 Å². The number of likely N-dealkylation sites (tertiary alicyclic amines) is 1. The first-order valence-electron chi connectivity index (χ1n) is 8.05. The van der Waals surface area contributed by atoms with Crippen molar-refractivity contribution in [3.8, 4) is 0 Å². The van der Waals surface area contributed by atoms with Crippen molar-refractivity contribution in [2.24, 2.45) is 5.92 Å². The van der Waals surface area contributed by atoms with Crippen LogP contribution in [-0.4, -0.2) is 77.4 Å². The normalized spacial score (nSPS) is 23.0. The van der Waals surface area contributed by atoms with Crippen LogP contribution in [0.25, 0.3) is 0 Å². The third-order valence-corrected chi connectivity index (χ3v) is 4.47. The van der Waals surface area contributed by atoms with Crippen LogP contribution >= 0.6 is 0 Å². The average Bonchev–Trinajstić information content (AvgIpc) is 2.72. The molecule has 2 saturated heterocycles. The molecule has 0 aliphatic carbocycles. The van der Waals surface area contributed by atoms with Gasteiger partial charge in [0.15, 0.2) is 0 Å². The minimum atomic E-state index is -4.89. The first-order valence-corrected chi connectivity index (χ1v) is 8.05. The highest BCUT2D eigenvalue weighted by atomic mass is 19.4. The molecule has 3 amide bonds. The summed E-state index contributed by atoms with van der Waals surface area (Å²) >= 11 is 0. The first-order chi connectivity index (χ1) is 11.1. The van der Waals surface area contributed by atoms with Crippen molar-refractivity contribution >= 4 is 17.7 Å². The number of carbonyl (C=O) groups excluding carboxylic acids is 3. The van der Waals surface area contributed by atoms with E-state index in [4.69, 9.17) is 0 Å². The largest absolute Gasteiger partial charge is 0.471 e. The molecule has 9 heteroatoms. The van der Waals surface area contributed by atoms with E-state index in [2.05, 4.69) is 0 Å². The van der Waals surface area contributed by atoms with Gasteiger partial charge in [0.05, 0.1) is 5.92 Å². The zero-order chi connectivity index (χ0) is 18.1. The maximum absolute atomic E-state index is 12.6. The summed E-state index contributed by atoms with van der Waals surface area (Å²) in [6, 6.07) is 0.0133. The first kappa shape index (κ1) is 18.5. The summed E-state index contributed by atoms with van der Waals surface area (Å²) in [6.07, 6.45) is -4.46. The van der Waals surface area contributed by atoms with Gasteiger partial charge in [-0.05, 0) is 20.3 Å². The average molecular weight is 349 g/mol. The van der Waals surface area contributed by atoms with Crippen molar-refractivity contribution in [3.63, 3.8) is 0 Å². The highest BCUT2D eigenvalue weighted by Crippen LogP contribution is 2.24. The number of halogens is 3. The van der Waals surface area contributed by atoms with Crippen LogP contribution in [-0.2, 0) is 14.4 Å². The van der Waals surface area contributed by atoms with Crippen molar-refractivity contribution in [1.82, 2.24) is 14.7 Å². The second-order valence-corrected chi connectivity index (χ2v) is 6.51. The Kier molecular flexibility index (Phi) is 5.39. The molecule has 0 saturated carbocycles. The molecule has 2 aliphatic rings. The monoisotopic (exact) mass is 349 g/mol. The predicted octanol–water partition coefficient (Wildman–Crippen LogP) is 0.866. The SMILES string of the molecule is CC(C)N1CC(C(=O)N2CCCN(C(=O)C(F)(F)F)CC2)CC1=O. The molecule has 0 aromatic rings. The van der Waals surface area contributed by atoms with Gasteiger partial charge in [-0.3, -0.25) is 14.4 Å². The lowest BCUT2D eigenvalue weighted by atomic mass is 10.1. The van der Waals surface area contributed by atoms with E-state index in [1.54, 1.807) is 4.90 Å². The summed E-state index contributed by atoms with van der Waals surface area (Å²) in [5, 5.41) is 0. The Morgan fingerprint density at radius 3 is 2.21 bits per heavy atom. The molecule has 24 heavy (non-hydrogen) atoms. The highest BCUT2D eigenvalue weighted by Gasteiger charge is 2.43. The van der Waals surface area contributed by atoms with E-state index in [0.29, 0.717) is 19.5 Å². The lowest BCUT2D eigenvalue weighted by molar-refractivity contribution is -0.185. The van der Waals surface area contributed by atoms with Gasteiger partial charge < -0.3 is 14.7 Å². The van der Waals surface area contributed by atoms with Crippen molar-refractivity contribution in [1.29, 1.82) is 0 Å². The van der Waals surface area contributed by atoms with E-state index in [1.165, 1.54) is 4.90 Å². The second-order valence-electron chi connectivity index (χ2n) is 6.51. The molecule has 6 nitrogen and oxygen atoms in total. The fourth-order valence-electron chi connectivity index (χ4n) is 3.17. The number of hydrogen-bond acceptors (Lipinski definition) is 3. The number of amides is 3. The van der Waals surface area contributed by atoms with E-state index < -0.39 is 18.0 Å². The summed E-state index contributed by atoms with van der Waals surface area (Å²) in [5.74, 6) is -2.61. The Balaban J connectivity index is 1.96. The third-order valence-electron chi connectivity index (χ3n) is 4.47. The Labute approximate surface area is 138 Å². The topological polar surface area (TPSA) is 60.9 Å². The maximum atomic E-state index is 12.6. The molecule has 1 unspecified atom stereocenters. The lowest BCUT2D eigenvalue weighted by Crippen LogP contribution is -2.44. The lowest BCUT2D eigenvalue weighted by Gasteiger charge is -2.25. The zero-order valence-corrected chi connectivity index (χ0v) is 13.8. The van der Waals surface area contributed by atoms with Gasteiger partial charge in [-0.15, -0.1) is 0 Å². The molecule has 136 valence electrons. The molecular formula is C15H22F3N3O3. The van der Waals surface area contributed by atoms with Crippen molar-refractivity contribution < 1.29 is 27.6 Å². The smallest absolute Gasteiger partial charge is 0.341 e. The molecule has 0 N–H and O–H groups in total. The number of carbonyl (C=O) groups is 3. The summed E-state index contributed by atoms with van der Waals surface area (Å²) in [7, 11) is 0. The Morgan fingerprint density at radius 2 is 1.67 bits per heavy atom. The fraction of sp³-hybridized carbons (Fsp3) is 0.800. The van der Waals surface area contributed by atoms with Crippen LogP contribution in [0.5, 0.6) is 0 Å². The van der Waals surface area contributed by atoms with Crippen LogP contribution in [0.15, 0.2) is 0 Å². The van der Waals surface area contributed by atoms with E-state index in [-0.39, 0.29) is 43.9 Å². The molecular weight excluding hydrogens is 327 g/mol. The van der Waals surface area contributed by atoms with Gasteiger partial charge in [0.25, 0.3) is 0 Å². The molecule has 2 aliphatic heterocycles. The van der Waals surface area contributed by atoms with Gasteiger partial charge in [0, 0.05) is 45.2 Å². The van der Waals surface area contributed by atoms with E-state index in [0.717, 1.165) is 4.90 Å². The van der Waals surface area contributed by atoms with Gasteiger partial charge in [0.2, 0.25) is 11.8 Å². The molecule has 0 aromatic heterocycles. The molecule has 2 rings (SSSR count). The maximum Gasteiger partial charge on any atom is 0.471 e. The van der Waals surface area contributed by atoms with Crippen molar-refractivity contribution in [2.75, 3.05) is 32.7 Å². The van der Waals surface area contributed by atoms with E-state index in [9.17, 15) is 27.6 Å². The number of nitrogens with zero attached hydrogens (tertiary/aromatic N) is 3. The summed E-state index contributed by atoms with van der Waals surface area (Å²) in [6.45, 7) is 4.29. The number of alkyl halides is 3. The fourth-order valence-corrected chi connectivity index (χ4v) is 3.17. The summed E-state index contributed by atoms with van der Waals surface area (Å²) in [5.41, 5.74) is 0. The Hall–Kier alpha value is -1.80. The van der Waals surface area contributed by atoms with Gasteiger partial charge >= 0.3 is 12.1 Å². The van der Waals surface area contributed by atoms with Gasteiger partial charge in [-0.2, -0.15) is 13.2 Å². The van der Waals surface area contributed by atoms with Crippen molar-refractivity contribution in [2.45, 2.75) is 38.9 Å². The van der Waals surface area contributed by atoms with Crippen LogP contribution in [0.2, 0.25) is 0 Å². The van der Waals surface area contributed by atoms with Crippen LogP contribution in [0.1, 0.15) is 26.7 Å². The number of hydrogen-bond donors (Lipinski definition) is 0.